The molecule has 0 aliphatic heterocycles. The van der Waals surface area contributed by atoms with Crippen LogP contribution in [0.25, 0.3) is 0 Å². The maximum Gasteiger partial charge on any atom is 0.265 e. The summed E-state index contributed by atoms with van der Waals surface area (Å²) >= 11 is 0. The molecule has 1 aromatic rings. The van der Waals surface area contributed by atoms with Gasteiger partial charge in [0.1, 0.15) is 0 Å². The first-order chi connectivity index (χ1) is 5.65. The Kier molecular flexibility index (Phi) is 2.60. The van der Waals surface area contributed by atoms with E-state index in [2.05, 4.69) is 0 Å². The SMILES string of the molecule is Cc1ccc(NO)c(C(F)F)c1. The van der Waals surface area contributed by atoms with E-state index in [0.29, 0.717) is 0 Å². The van der Waals surface area contributed by atoms with Crippen molar-refractivity contribution in [2.24, 2.45) is 0 Å². The average Bonchev–Trinajstić information content (AvgIpc) is 2.04. The topological polar surface area (TPSA) is 32.3 Å². The molecule has 1 rings (SSSR count). The van der Waals surface area contributed by atoms with E-state index in [1.54, 1.807) is 18.5 Å². The molecule has 2 N–H and O–H groups in total. The van der Waals surface area contributed by atoms with Crippen LogP contribution in [0.2, 0.25) is 0 Å². The minimum absolute atomic E-state index is 0.0515. The van der Waals surface area contributed by atoms with E-state index in [1.165, 1.54) is 12.1 Å². The Labute approximate surface area is 68.8 Å². The van der Waals surface area contributed by atoms with Gasteiger partial charge in [-0.1, -0.05) is 11.6 Å². The van der Waals surface area contributed by atoms with Gasteiger partial charge in [0.05, 0.1) is 5.69 Å². The first kappa shape index (κ1) is 8.93. The zero-order valence-electron chi connectivity index (χ0n) is 6.51. The number of alkyl halides is 2. The van der Waals surface area contributed by atoms with Crippen molar-refractivity contribution in [2.45, 2.75) is 13.3 Å². The zero-order chi connectivity index (χ0) is 9.14. The third kappa shape index (κ3) is 1.71. The fraction of sp³-hybridized carbons (Fsp3) is 0.250. The van der Waals surface area contributed by atoms with Gasteiger partial charge in [0.15, 0.2) is 0 Å². The molecule has 4 heteroatoms. The molecule has 1 aromatic carbocycles. The highest BCUT2D eigenvalue weighted by Gasteiger charge is 2.11. The molecule has 0 radical (unpaired) electrons. The molecule has 12 heavy (non-hydrogen) atoms. The lowest BCUT2D eigenvalue weighted by molar-refractivity contribution is 0.151. The van der Waals surface area contributed by atoms with Crippen molar-refractivity contribution in [1.82, 2.24) is 0 Å². The second-order valence-corrected chi connectivity index (χ2v) is 2.50. The monoisotopic (exact) mass is 173 g/mol. The summed E-state index contributed by atoms with van der Waals surface area (Å²) in [5.74, 6) is 0. The van der Waals surface area contributed by atoms with E-state index in [-0.39, 0.29) is 11.3 Å². The van der Waals surface area contributed by atoms with Gasteiger partial charge in [-0.15, -0.1) is 0 Å². The predicted molar refractivity (Wildman–Crippen MR) is 41.5 cm³/mol. The molecule has 0 spiro atoms. The summed E-state index contributed by atoms with van der Waals surface area (Å²) in [5.41, 5.74) is 2.33. The molecule has 0 amide bonds. The standard InChI is InChI=1S/C8H9F2NO/c1-5-2-3-7(11-12)6(4-5)8(9)10/h2-4,8,11-12H,1H3. The van der Waals surface area contributed by atoms with Crippen molar-refractivity contribution in [3.63, 3.8) is 0 Å². The van der Waals surface area contributed by atoms with Gasteiger partial charge in [0.25, 0.3) is 6.43 Å². The summed E-state index contributed by atoms with van der Waals surface area (Å²) in [6, 6.07) is 4.39. The van der Waals surface area contributed by atoms with Crippen LogP contribution in [0, 0.1) is 6.92 Å². The Morgan fingerprint density at radius 1 is 1.42 bits per heavy atom. The van der Waals surface area contributed by atoms with Gasteiger partial charge < -0.3 is 0 Å². The van der Waals surface area contributed by atoms with Crippen molar-refractivity contribution >= 4 is 5.69 Å². The number of nitrogens with one attached hydrogen (secondary N) is 1. The molecule has 0 heterocycles. The third-order valence-electron chi connectivity index (χ3n) is 1.56. The third-order valence-corrected chi connectivity index (χ3v) is 1.56. The molecule has 0 aliphatic carbocycles. The summed E-state index contributed by atoms with van der Waals surface area (Å²) in [4.78, 5) is 0. The largest absolute Gasteiger partial charge is 0.291 e. The Hall–Kier alpha value is -1.16. The normalized spacial score (nSPS) is 10.4. The number of hydrogen-bond donors (Lipinski definition) is 2. The Morgan fingerprint density at radius 2 is 2.08 bits per heavy atom. The Balaban J connectivity index is 3.12. The number of anilines is 1. The number of hydrogen-bond acceptors (Lipinski definition) is 2. The van der Waals surface area contributed by atoms with Crippen LogP contribution in [-0.4, -0.2) is 5.21 Å². The summed E-state index contributed by atoms with van der Waals surface area (Å²) in [5, 5.41) is 8.47. The van der Waals surface area contributed by atoms with Gasteiger partial charge in [0.2, 0.25) is 0 Å². The minimum atomic E-state index is -2.57. The fourth-order valence-corrected chi connectivity index (χ4v) is 0.965. The maximum absolute atomic E-state index is 12.2. The molecule has 0 saturated heterocycles. The van der Waals surface area contributed by atoms with Crippen LogP contribution in [0.4, 0.5) is 14.5 Å². The first-order valence-electron chi connectivity index (χ1n) is 3.44. The summed E-state index contributed by atoms with van der Waals surface area (Å²) < 4.78 is 24.5. The summed E-state index contributed by atoms with van der Waals surface area (Å²) in [6.45, 7) is 1.72. The second-order valence-electron chi connectivity index (χ2n) is 2.50. The van der Waals surface area contributed by atoms with Crippen LogP contribution in [0.3, 0.4) is 0 Å². The molecule has 0 atom stereocenters. The first-order valence-corrected chi connectivity index (χ1v) is 3.44. The van der Waals surface area contributed by atoms with Crippen LogP contribution in [0.15, 0.2) is 18.2 Å². The van der Waals surface area contributed by atoms with Crippen LogP contribution in [-0.2, 0) is 0 Å². The fourth-order valence-electron chi connectivity index (χ4n) is 0.965. The molecule has 2 nitrogen and oxygen atoms in total. The lowest BCUT2D eigenvalue weighted by atomic mass is 10.1. The molecule has 0 unspecified atom stereocenters. The van der Waals surface area contributed by atoms with Gasteiger partial charge in [-0.05, 0) is 19.1 Å². The predicted octanol–water partition coefficient (Wildman–Crippen LogP) is 2.73. The van der Waals surface area contributed by atoms with Gasteiger partial charge in [0, 0.05) is 5.56 Å². The molecular weight excluding hydrogens is 164 g/mol. The Morgan fingerprint density at radius 3 is 2.58 bits per heavy atom. The summed E-state index contributed by atoms with van der Waals surface area (Å²) in [7, 11) is 0. The van der Waals surface area contributed by atoms with E-state index < -0.39 is 6.43 Å². The second kappa shape index (κ2) is 3.49. The highest BCUT2D eigenvalue weighted by atomic mass is 19.3. The molecule has 0 bridgehead atoms. The number of halogens is 2. The van der Waals surface area contributed by atoms with Crippen molar-refractivity contribution < 1.29 is 14.0 Å². The molecule has 0 aliphatic rings. The molecule has 0 fully saturated rings. The highest BCUT2D eigenvalue weighted by molar-refractivity contribution is 5.51. The Bertz CT molecular complexity index is 276. The number of benzene rings is 1. The lowest BCUT2D eigenvalue weighted by Crippen LogP contribution is -1.96. The van der Waals surface area contributed by atoms with Crippen LogP contribution in [0.5, 0.6) is 0 Å². The average molecular weight is 173 g/mol. The van der Waals surface area contributed by atoms with E-state index in [0.717, 1.165) is 5.56 Å². The van der Waals surface area contributed by atoms with Crippen LogP contribution >= 0.6 is 0 Å². The molecule has 0 saturated carbocycles. The minimum Gasteiger partial charge on any atom is -0.291 e. The maximum atomic E-state index is 12.2. The quantitative estimate of drug-likeness (QED) is 0.674. The van der Waals surface area contributed by atoms with E-state index >= 15 is 0 Å². The lowest BCUT2D eigenvalue weighted by Gasteiger charge is -2.07. The molecular formula is C8H9F2NO. The van der Waals surface area contributed by atoms with E-state index in [9.17, 15) is 8.78 Å². The van der Waals surface area contributed by atoms with Gasteiger partial charge in [-0.3, -0.25) is 10.7 Å². The van der Waals surface area contributed by atoms with Crippen molar-refractivity contribution in [1.29, 1.82) is 0 Å². The van der Waals surface area contributed by atoms with Crippen molar-refractivity contribution in [2.75, 3.05) is 5.48 Å². The smallest absolute Gasteiger partial charge is 0.265 e. The van der Waals surface area contributed by atoms with E-state index in [4.69, 9.17) is 5.21 Å². The highest BCUT2D eigenvalue weighted by Crippen LogP contribution is 2.27. The van der Waals surface area contributed by atoms with Gasteiger partial charge in [-0.2, -0.15) is 0 Å². The summed E-state index contributed by atoms with van der Waals surface area (Å²) in [6.07, 6.45) is -2.57. The number of aryl methyl sites for hydroxylation is 1. The van der Waals surface area contributed by atoms with Gasteiger partial charge >= 0.3 is 0 Å². The van der Waals surface area contributed by atoms with Crippen LogP contribution in [0.1, 0.15) is 17.6 Å². The van der Waals surface area contributed by atoms with E-state index in [1.807, 2.05) is 0 Å². The van der Waals surface area contributed by atoms with Crippen LogP contribution < -0.4 is 5.48 Å². The molecule has 0 aromatic heterocycles. The number of rotatable bonds is 2. The van der Waals surface area contributed by atoms with Crippen molar-refractivity contribution in [3.05, 3.63) is 29.3 Å². The zero-order valence-corrected chi connectivity index (χ0v) is 6.51. The molecule has 66 valence electrons. The van der Waals surface area contributed by atoms with Gasteiger partial charge in [-0.25, -0.2) is 8.78 Å². The van der Waals surface area contributed by atoms with Crippen molar-refractivity contribution in [3.8, 4) is 0 Å².